The van der Waals surface area contributed by atoms with Gasteiger partial charge in [-0.25, -0.2) is 14.0 Å². The average molecular weight is 360 g/mol. The first kappa shape index (κ1) is 17.5. The van der Waals surface area contributed by atoms with Crippen LogP contribution in [0.25, 0.3) is 11.4 Å². The van der Waals surface area contributed by atoms with E-state index >= 15 is 0 Å². The van der Waals surface area contributed by atoms with E-state index in [1.807, 2.05) is 0 Å². The number of nitrogens with one attached hydrogen (secondary N) is 2. The van der Waals surface area contributed by atoms with Crippen molar-refractivity contribution in [3.05, 3.63) is 41.4 Å². The monoisotopic (exact) mass is 360 g/mol. The fourth-order valence-corrected chi connectivity index (χ4v) is 2.57. The van der Waals surface area contributed by atoms with E-state index in [-0.39, 0.29) is 19.0 Å². The molecular weight excluding hydrogens is 343 g/mol. The van der Waals surface area contributed by atoms with E-state index in [2.05, 4.69) is 26.0 Å². The second kappa shape index (κ2) is 7.30. The Morgan fingerprint density at radius 2 is 2.08 bits per heavy atom. The van der Waals surface area contributed by atoms with Gasteiger partial charge in [0.25, 0.3) is 0 Å². The maximum absolute atomic E-state index is 13.0. The Balaban J connectivity index is 1.87. The lowest BCUT2D eigenvalue weighted by atomic mass is 10.0. The standard InChI is InChI=1S/C16H17FN6O3/c1-3-26-15(24)13-9(2)18-16(25)19-12(13)8-23-21-14(20-22-23)10-4-6-11(17)7-5-10/h4-7,9H,3,8H2,1-2H3,(H2,18,19,25)/t9-/m0/s1. The molecule has 0 bridgehead atoms. The van der Waals surface area contributed by atoms with E-state index in [1.165, 1.54) is 29.1 Å². The number of rotatable bonds is 5. The summed E-state index contributed by atoms with van der Waals surface area (Å²) in [5.41, 5.74) is 1.23. The molecule has 2 N–H and O–H groups in total. The van der Waals surface area contributed by atoms with Crippen LogP contribution >= 0.6 is 0 Å². The number of hydrogen-bond acceptors (Lipinski definition) is 6. The number of aromatic nitrogens is 4. The molecule has 1 aliphatic heterocycles. The van der Waals surface area contributed by atoms with Crippen LogP contribution < -0.4 is 10.6 Å². The quantitative estimate of drug-likeness (QED) is 0.770. The van der Waals surface area contributed by atoms with Gasteiger partial charge in [-0.15, -0.1) is 10.2 Å². The Labute approximate surface area is 148 Å². The Kier molecular flexibility index (Phi) is 4.92. The highest BCUT2D eigenvalue weighted by Gasteiger charge is 2.30. The summed E-state index contributed by atoms with van der Waals surface area (Å²) in [6.07, 6.45) is 0. The lowest BCUT2D eigenvalue weighted by Crippen LogP contribution is -2.50. The van der Waals surface area contributed by atoms with Crippen molar-refractivity contribution >= 4 is 12.0 Å². The largest absolute Gasteiger partial charge is 0.463 e. The minimum atomic E-state index is -0.527. The molecule has 26 heavy (non-hydrogen) atoms. The first-order chi connectivity index (χ1) is 12.5. The number of allylic oxidation sites excluding steroid dienone is 1. The van der Waals surface area contributed by atoms with Crippen molar-refractivity contribution in [3.63, 3.8) is 0 Å². The predicted molar refractivity (Wildman–Crippen MR) is 88.0 cm³/mol. The van der Waals surface area contributed by atoms with Gasteiger partial charge in [-0.05, 0) is 43.3 Å². The van der Waals surface area contributed by atoms with E-state index in [4.69, 9.17) is 4.74 Å². The molecule has 1 aromatic carbocycles. The lowest BCUT2D eigenvalue weighted by Gasteiger charge is -2.26. The van der Waals surface area contributed by atoms with E-state index in [0.29, 0.717) is 22.7 Å². The van der Waals surface area contributed by atoms with Gasteiger partial charge in [0, 0.05) is 5.56 Å². The van der Waals surface area contributed by atoms with Gasteiger partial charge in [0.1, 0.15) is 12.4 Å². The molecule has 0 unspecified atom stereocenters. The third kappa shape index (κ3) is 3.68. The van der Waals surface area contributed by atoms with Crippen LogP contribution in [0, 0.1) is 5.82 Å². The Bertz CT molecular complexity index is 861. The van der Waals surface area contributed by atoms with Crippen LogP contribution in [0.4, 0.5) is 9.18 Å². The van der Waals surface area contributed by atoms with Crippen LogP contribution in [0.2, 0.25) is 0 Å². The first-order valence-corrected chi connectivity index (χ1v) is 7.99. The molecule has 0 spiro atoms. The molecule has 1 aliphatic rings. The molecule has 10 heteroatoms. The van der Waals surface area contributed by atoms with E-state index in [9.17, 15) is 14.0 Å². The van der Waals surface area contributed by atoms with E-state index in [0.717, 1.165) is 0 Å². The molecule has 2 aromatic rings. The number of nitrogens with zero attached hydrogens (tertiary/aromatic N) is 4. The first-order valence-electron chi connectivity index (χ1n) is 7.99. The van der Waals surface area contributed by atoms with Crippen LogP contribution in [0.1, 0.15) is 13.8 Å². The molecule has 1 aromatic heterocycles. The highest BCUT2D eigenvalue weighted by Crippen LogP contribution is 2.17. The molecule has 2 heterocycles. The third-order valence-corrected chi connectivity index (χ3v) is 3.72. The normalized spacial score (nSPS) is 16.9. The Morgan fingerprint density at radius 3 is 2.77 bits per heavy atom. The van der Waals surface area contributed by atoms with E-state index < -0.39 is 18.0 Å². The van der Waals surface area contributed by atoms with Gasteiger partial charge in [0.15, 0.2) is 0 Å². The molecule has 2 amide bonds. The SMILES string of the molecule is CCOC(=O)C1=C(Cn2nnc(-c3ccc(F)cc3)n2)NC(=O)N[C@H]1C. The number of hydrogen-bond donors (Lipinski definition) is 2. The summed E-state index contributed by atoms with van der Waals surface area (Å²) in [7, 11) is 0. The summed E-state index contributed by atoms with van der Waals surface area (Å²) in [6.45, 7) is 3.63. The second-order valence-electron chi connectivity index (χ2n) is 5.58. The number of halogens is 1. The maximum atomic E-state index is 13.0. The molecule has 9 nitrogen and oxygen atoms in total. The van der Waals surface area contributed by atoms with Crippen LogP contribution in [0.3, 0.4) is 0 Å². The summed E-state index contributed by atoms with van der Waals surface area (Å²) in [4.78, 5) is 25.2. The van der Waals surface area contributed by atoms with Crippen LogP contribution in [0.5, 0.6) is 0 Å². The zero-order valence-corrected chi connectivity index (χ0v) is 14.2. The van der Waals surface area contributed by atoms with Crippen molar-refractivity contribution in [1.29, 1.82) is 0 Å². The summed E-state index contributed by atoms with van der Waals surface area (Å²) < 4.78 is 18.1. The fraction of sp³-hybridized carbons (Fsp3) is 0.312. The number of amides is 2. The molecule has 0 fully saturated rings. The lowest BCUT2D eigenvalue weighted by molar-refractivity contribution is -0.139. The summed E-state index contributed by atoms with van der Waals surface area (Å²) in [5, 5.41) is 17.3. The number of ether oxygens (including phenoxy) is 1. The molecule has 0 saturated carbocycles. The van der Waals surface area contributed by atoms with Crippen molar-refractivity contribution in [3.8, 4) is 11.4 Å². The van der Waals surface area contributed by atoms with Gasteiger partial charge in [-0.3, -0.25) is 0 Å². The highest BCUT2D eigenvalue weighted by atomic mass is 19.1. The van der Waals surface area contributed by atoms with Gasteiger partial charge >= 0.3 is 12.0 Å². The number of benzene rings is 1. The number of urea groups is 1. The van der Waals surface area contributed by atoms with Crippen LogP contribution in [-0.2, 0) is 16.1 Å². The minimum Gasteiger partial charge on any atom is -0.463 e. The van der Waals surface area contributed by atoms with Gasteiger partial charge in [0.05, 0.1) is 23.9 Å². The average Bonchev–Trinajstić information content (AvgIpc) is 3.03. The molecule has 136 valence electrons. The van der Waals surface area contributed by atoms with Crippen LogP contribution in [0.15, 0.2) is 35.5 Å². The molecule has 3 rings (SSSR count). The Morgan fingerprint density at radius 1 is 1.35 bits per heavy atom. The molecule has 0 saturated heterocycles. The van der Waals surface area contributed by atoms with Crippen molar-refractivity contribution in [1.82, 2.24) is 30.8 Å². The molecule has 0 aliphatic carbocycles. The van der Waals surface area contributed by atoms with Crippen molar-refractivity contribution in [2.24, 2.45) is 0 Å². The minimum absolute atomic E-state index is 0.0279. The number of carbonyl (C=O) groups excluding carboxylic acids is 2. The summed E-state index contributed by atoms with van der Waals surface area (Å²) in [6, 6.07) is 4.72. The van der Waals surface area contributed by atoms with Crippen molar-refractivity contribution in [2.75, 3.05) is 6.61 Å². The van der Waals surface area contributed by atoms with Gasteiger partial charge in [-0.2, -0.15) is 4.80 Å². The number of carbonyl (C=O) groups is 2. The number of tetrazole rings is 1. The maximum Gasteiger partial charge on any atom is 0.337 e. The topological polar surface area (TPSA) is 111 Å². The molecule has 1 atom stereocenters. The highest BCUT2D eigenvalue weighted by molar-refractivity contribution is 5.94. The van der Waals surface area contributed by atoms with Crippen LogP contribution in [-0.4, -0.2) is 44.9 Å². The van der Waals surface area contributed by atoms with Gasteiger partial charge in [-0.1, -0.05) is 0 Å². The third-order valence-electron chi connectivity index (χ3n) is 3.72. The number of esters is 1. The predicted octanol–water partition coefficient (Wildman–Crippen LogP) is 0.998. The van der Waals surface area contributed by atoms with Gasteiger partial charge < -0.3 is 15.4 Å². The van der Waals surface area contributed by atoms with E-state index in [1.54, 1.807) is 13.8 Å². The molecule has 0 radical (unpaired) electrons. The van der Waals surface area contributed by atoms with Crippen molar-refractivity contribution < 1.29 is 18.7 Å². The zero-order valence-electron chi connectivity index (χ0n) is 14.2. The zero-order chi connectivity index (χ0) is 18.7. The smallest absolute Gasteiger partial charge is 0.337 e. The van der Waals surface area contributed by atoms with Crippen molar-refractivity contribution in [2.45, 2.75) is 26.4 Å². The Hall–Kier alpha value is -3.30. The fourth-order valence-electron chi connectivity index (χ4n) is 2.57. The second-order valence-corrected chi connectivity index (χ2v) is 5.58. The summed E-state index contributed by atoms with van der Waals surface area (Å²) in [5.74, 6) is -0.588. The van der Waals surface area contributed by atoms with Gasteiger partial charge in [0.2, 0.25) is 5.82 Å². The molecular formula is C16H17FN6O3. The summed E-state index contributed by atoms with van der Waals surface area (Å²) >= 11 is 0.